The van der Waals surface area contributed by atoms with E-state index in [4.69, 9.17) is 4.98 Å². The molecule has 3 aromatic heterocycles. The largest absolute Gasteiger partial charge is 0.478 e. The Morgan fingerprint density at radius 3 is 2.81 bits per heavy atom. The number of carbonyl (C=O) groups is 1. The molecule has 0 amide bonds. The summed E-state index contributed by atoms with van der Waals surface area (Å²) in [5.41, 5.74) is 5.65. The van der Waals surface area contributed by atoms with Crippen LogP contribution in [0, 0.1) is 0 Å². The lowest BCUT2D eigenvalue weighted by atomic mass is 10.1. The molecule has 0 aliphatic rings. The summed E-state index contributed by atoms with van der Waals surface area (Å²) in [6.07, 6.45) is 5.62. The van der Waals surface area contributed by atoms with Gasteiger partial charge in [0.05, 0.1) is 28.7 Å². The van der Waals surface area contributed by atoms with E-state index in [2.05, 4.69) is 15.4 Å². The van der Waals surface area contributed by atoms with E-state index in [1.54, 1.807) is 23.0 Å². The molecule has 8 heteroatoms. The van der Waals surface area contributed by atoms with E-state index in [0.717, 1.165) is 33.4 Å². The zero-order chi connectivity index (χ0) is 21.5. The minimum atomic E-state index is -0.966. The maximum Gasteiger partial charge on any atom is 0.337 e. The molecule has 8 nitrogen and oxygen atoms in total. The second kappa shape index (κ2) is 7.24. The molecule has 0 radical (unpaired) electrons. The van der Waals surface area contributed by atoms with Crippen molar-refractivity contribution in [1.82, 2.24) is 24.3 Å². The van der Waals surface area contributed by atoms with E-state index < -0.39 is 5.97 Å². The number of carboxylic acids is 1. The predicted molar refractivity (Wildman–Crippen MR) is 120 cm³/mol. The van der Waals surface area contributed by atoms with Gasteiger partial charge in [0.15, 0.2) is 5.65 Å². The molecular formula is C23H20N6O2. The van der Waals surface area contributed by atoms with Crippen molar-refractivity contribution in [3.63, 3.8) is 0 Å². The Bertz CT molecular complexity index is 1450. The Hall–Kier alpha value is -4.20. The van der Waals surface area contributed by atoms with E-state index in [1.807, 2.05) is 61.3 Å². The number of aromatic nitrogens is 5. The highest BCUT2D eigenvalue weighted by Crippen LogP contribution is 2.27. The molecule has 2 N–H and O–H groups in total. The number of aryl methyl sites for hydroxylation is 1. The van der Waals surface area contributed by atoms with Gasteiger partial charge in [-0.15, -0.1) is 0 Å². The van der Waals surface area contributed by atoms with Crippen LogP contribution in [0.3, 0.4) is 0 Å². The molecule has 0 fully saturated rings. The molecule has 0 atom stereocenters. The van der Waals surface area contributed by atoms with Crippen molar-refractivity contribution < 1.29 is 9.90 Å². The van der Waals surface area contributed by atoms with Crippen LogP contribution in [0.5, 0.6) is 0 Å². The summed E-state index contributed by atoms with van der Waals surface area (Å²) < 4.78 is 3.70. The van der Waals surface area contributed by atoms with Crippen LogP contribution in [0.25, 0.3) is 39.0 Å². The molecule has 0 aliphatic carbocycles. The first kappa shape index (κ1) is 18.8. The van der Waals surface area contributed by atoms with Crippen molar-refractivity contribution in [2.45, 2.75) is 6.92 Å². The average molecular weight is 412 g/mol. The third kappa shape index (κ3) is 3.28. The summed E-state index contributed by atoms with van der Waals surface area (Å²) in [5.74, 6) is -0.966. The molecule has 3 heterocycles. The number of fused-ring (bicyclic) bond motifs is 2. The summed E-state index contributed by atoms with van der Waals surface area (Å²) >= 11 is 0. The number of carboxylic acid groups (broad SMARTS) is 1. The topological polar surface area (TPSA) is 97.9 Å². The normalized spacial score (nSPS) is 11.3. The van der Waals surface area contributed by atoms with Gasteiger partial charge in [-0.05, 0) is 37.3 Å². The van der Waals surface area contributed by atoms with Crippen molar-refractivity contribution in [2.75, 3.05) is 11.9 Å². The molecule has 5 aromatic rings. The minimum Gasteiger partial charge on any atom is -0.478 e. The summed E-state index contributed by atoms with van der Waals surface area (Å²) in [6.45, 7) is 2.55. The first-order valence-electron chi connectivity index (χ1n) is 9.93. The number of hydrogen-bond donors (Lipinski definition) is 2. The average Bonchev–Trinajstić information content (AvgIpc) is 3.35. The van der Waals surface area contributed by atoms with Crippen LogP contribution in [-0.2, 0) is 7.05 Å². The Balaban J connectivity index is 1.62. The fraction of sp³-hybridized carbons (Fsp3) is 0.130. The number of aromatic carboxylic acids is 1. The second-order valence-electron chi connectivity index (χ2n) is 7.29. The van der Waals surface area contributed by atoms with E-state index in [-0.39, 0.29) is 5.56 Å². The van der Waals surface area contributed by atoms with Crippen molar-refractivity contribution in [2.24, 2.45) is 7.05 Å². The number of anilines is 1. The van der Waals surface area contributed by atoms with Crippen LogP contribution in [0.1, 0.15) is 17.3 Å². The van der Waals surface area contributed by atoms with Crippen molar-refractivity contribution in [1.29, 1.82) is 0 Å². The molecule has 0 unspecified atom stereocenters. The fourth-order valence-electron chi connectivity index (χ4n) is 3.75. The molecule has 0 saturated heterocycles. The second-order valence-corrected chi connectivity index (χ2v) is 7.29. The molecule has 0 bridgehead atoms. The van der Waals surface area contributed by atoms with Crippen molar-refractivity contribution >= 4 is 33.7 Å². The van der Waals surface area contributed by atoms with E-state index in [0.29, 0.717) is 17.9 Å². The number of nitrogens with one attached hydrogen (secondary N) is 1. The van der Waals surface area contributed by atoms with Crippen LogP contribution >= 0.6 is 0 Å². The van der Waals surface area contributed by atoms with Gasteiger partial charge in [-0.3, -0.25) is 14.2 Å². The van der Waals surface area contributed by atoms with E-state index in [1.165, 1.54) is 0 Å². The smallest absolute Gasteiger partial charge is 0.337 e. The van der Waals surface area contributed by atoms with Crippen LogP contribution in [0.2, 0.25) is 0 Å². The minimum absolute atomic E-state index is 0.234. The maximum atomic E-state index is 11.5. The van der Waals surface area contributed by atoms with Gasteiger partial charge in [-0.1, -0.05) is 12.1 Å². The van der Waals surface area contributed by atoms with Gasteiger partial charge in [0, 0.05) is 42.6 Å². The molecule has 0 saturated carbocycles. The van der Waals surface area contributed by atoms with Gasteiger partial charge in [-0.25, -0.2) is 9.78 Å². The summed E-state index contributed by atoms with van der Waals surface area (Å²) in [4.78, 5) is 21.0. The van der Waals surface area contributed by atoms with Crippen molar-refractivity contribution in [3.05, 3.63) is 66.6 Å². The van der Waals surface area contributed by atoms with E-state index >= 15 is 0 Å². The fourth-order valence-corrected chi connectivity index (χ4v) is 3.75. The Labute approximate surface area is 177 Å². The quantitative estimate of drug-likeness (QED) is 0.451. The van der Waals surface area contributed by atoms with Gasteiger partial charge in [0.1, 0.15) is 5.52 Å². The number of nitrogens with zero attached hydrogens (tertiary/aromatic N) is 5. The zero-order valence-corrected chi connectivity index (χ0v) is 17.1. The molecule has 2 aromatic carbocycles. The maximum absolute atomic E-state index is 11.5. The number of rotatable bonds is 5. The van der Waals surface area contributed by atoms with Gasteiger partial charge in [0.2, 0.25) is 0 Å². The molecule has 0 aliphatic heterocycles. The monoisotopic (exact) mass is 412 g/mol. The van der Waals surface area contributed by atoms with E-state index in [9.17, 15) is 9.90 Å². The highest BCUT2D eigenvalue weighted by Gasteiger charge is 2.14. The molecule has 0 spiro atoms. The molecular weight excluding hydrogens is 392 g/mol. The number of hydrogen-bond acceptors (Lipinski definition) is 5. The summed E-state index contributed by atoms with van der Waals surface area (Å²) in [7, 11) is 1.90. The molecule has 5 rings (SSSR count). The lowest BCUT2D eigenvalue weighted by Gasteiger charge is -2.12. The van der Waals surface area contributed by atoms with Crippen LogP contribution in [0.4, 0.5) is 5.69 Å². The van der Waals surface area contributed by atoms with Crippen molar-refractivity contribution in [3.8, 4) is 16.9 Å². The van der Waals surface area contributed by atoms with Gasteiger partial charge < -0.3 is 10.4 Å². The standard InChI is InChI=1S/C23H20N6O2/c1-3-24-20-11-16(6-7-17(20)23(30)31)29-9-8-18-22(29)26-21(12-25-18)14-4-5-15-13-28(2)27-19(15)10-14/h4-13,24H,3H2,1-2H3,(H,30,31). The lowest BCUT2D eigenvalue weighted by molar-refractivity contribution is 0.0698. The first-order valence-corrected chi connectivity index (χ1v) is 9.93. The van der Waals surface area contributed by atoms with Crippen LogP contribution in [0.15, 0.2) is 61.1 Å². The van der Waals surface area contributed by atoms with Crippen LogP contribution in [-0.4, -0.2) is 41.9 Å². The molecule has 154 valence electrons. The third-order valence-corrected chi connectivity index (χ3v) is 5.19. The van der Waals surface area contributed by atoms with Gasteiger partial charge in [0.25, 0.3) is 0 Å². The van der Waals surface area contributed by atoms with Gasteiger partial charge >= 0.3 is 5.97 Å². The Kier molecular flexibility index (Phi) is 4.39. The zero-order valence-electron chi connectivity index (χ0n) is 17.1. The number of benzene rings is 2. The predicted octanol–water partition coefficient (Wildman–Crippen LogP) is 4.10. The molecule has 31 heavy (non-hydrogen) atoms. The third-order valence-electron chi connectivity index (χ3n) is 5.19. The van der Waals surface area contributed by atoms with Crippen LogP contribution < -0.4 is 5.32 Å². The summed E-state index contributed by atoms with van der Waals surface area (Å²) in [5, 5.41) is 18.1. The Morgan fingerprint density at radius 2 is 2.00 bits per heavy atom. The summed E-state index contributed by atoms with van der Waals surface area (Å²) in [6, 6.07) is 13.1. The highest BCUT2D eigenvalue weighted by molar-refractivity contribution is 5.95. The van der Waals surface area contributed by atoms with Gasteiger partial charge in [-0.2, -0.15) is 5.10 Å². The highest BCUT2D eigenvalue weighted by atomic mass is 16.4. The Morgan fingerprint density at radius 1 is 1.13 bits per heavy atom. The SMILES string of the molecule is CCNc1cc(-n2ccc3ncc(-c4ccc5cn(C)nc5c4)nc32)ccc1C(=O)O. The first-order chi connectivity index (χ1) is 15.0. The lowest BCUT2D eigenvalue weighted by Crippen LogP contribution is -2.07.